The SMILES string of the molecule is Cc1ccc(OCC(=O)NC(N)=O)c(CNCC(C)C)n1. The number of aromatic nitrogens is 1. The average Bonchev–Trinajstić information content (AvgIpc) is 2.36. The lowest BCUT2D eigenvalue weighted by Gasteiger charge is -2.12. The maximum absolute atomic E-state index is 11.3. The molecule has 4 N–H and O–H groups in total. The zero-order valence-electron chi connectivity index (χ0n) is 12.6. The van der Waals surface area contributed by atoms with Gasteiger partial charge in [0.1, 0.15) is 5.75 Å². The fourth-order valence-electron chi connectivity index (χ4n) is 1.65. The monoisotopic (exact) mass is 294 g/mol. The molecule has 7 nitrogen and oxygen atoms in total. The van der Waals surface area contributed by atoms with Crippen LogP contribution in [0.15, 0.2) is 12.1 Å². The van der Waals surface area contributed by atoms with Crippen molar-refractivity contribution in [1.82, 2.24) is 15.6 Å². The number of nitrogens with zero attached hydrogens (tertiary/aromatic N) is 1. The molecular weight excluding hydrogens is 272 g/mol. The number of primary amides is 1. The van der Waals surface area contributed by atoms with Crippen molar-refractivity contribution in [2.24, 2.45) is 11.7 Å². The highest BCUT2D eigenvalue weighted by Gasteiger charge is 2.10. The minimum atomic E-state index is -0.899. The largest absolute Gasteiger partial charge is 0.482 e. The molecule has 0 saturated carbocycles. The quantitative estimate of drug-likeness (QED) is 0.686. The Morgan fingerprint density at radius 3 is 2.71 bits per heavy atom. The zero-order chi connectivity index (χ0) is 15.8. The molecule has 1 rings (SSSR count). The first-order chi connectivity index (χ1) is 9.88. The van der Waals surface area contributed by atoms with Gasteiger partial charge in [-0.05, 0) is 31.5 Å². The number of hydrogen-bond donors (Lipinski definition) is 3. The summed E-state index contributed by atoms with van der Waals surface area (Å²) in [6.45, 7) is 7.23. The topological polar surface area (TPSA) is 106 Å². The number of rotatable bonds is 7. The van der Waals surface area contributed by atoms with Crippen LogP contribution in [-0.4, -0.2) is 30.1 Å². The summed E-state index contributed by atoms with van der Waals surface area (Å²) in [6, 6.07) is 2.66. The molecule has 21 heavy (non-hydrogen) atoms. The van der Waals surface area contributed by atoms with E-state index in [2.05, 4.69) is 24.1 Å². The van der Waals surface area contributed by atoms with Crippen molar-refractivity contribution in [1.29, 1.82) is 0 Å². The van der Waals surface area contributed by atoms with E-state index in [-0.39, 0.29) is 6.61 Å². The number of ether oxygens (including phenoxy) is 1. The third kappa shape index (κ3) is 6.71. The van der Waals surface area contributed by atoms with Gasteiger partial charge in [0.05, 0.1) is 5.69 Å². The Balaban J connectivity index is 2.63. The molecule has 116 valence electrons. The van der Waals surface area contributed by atoms with Crippen molar-refractivity contribution in [3.63, 3.8) is 0 Å². The normalized spacial score (nSPS) is 10.5. The standard InChI is InChI=1S/C14H22N4O3/c1-9(2)6-16-7-11-12(5-4-10(3)17-11)21-8-13(19)18-14(15)20/h4-5,9,16H,6-8H2,1-3H3,(H3,15,18,19,20). The molecule has 0 spiro atoms. The van der Waals surface area contributed by atoms with Gasteiger partial charge < -0.3 is 15.8 Å². The molecule has 0 aromatic carbocycles. The number of aryl methyl sites for hydroxylation is 1. The summed E-state index contributed by atoms with van der Waals surface area (Å²) in [4.78, 5) is 26.3. The second-order valence-corrected chi connectivity index (χ2v) is 5.12. The molecule has 1 heterocycles. The maximum atomic E-state index is 11.3. The van der Waals surface area contributed by atoms with E-state index in [1.807, 2.05) is 12.2 Å². The van der Waals surface area contributed by atoms with E-state index in [0.717, 1.165) is 17.9 Å². The van der Waals surface area contributed by atoms with E-state index in [1.165, 1.54) is 0 Å². The highest BCUT2D eigenvalue weighted by molar-refractivity contribution is 5.94. The highest BCUT2D eigenvalue weighted by Crippen LogP contribution is 2.16. The van der Waals surface area contributed by atoms with Crippen molar-refractivity contribution in [2.45, 2.75) is 27.3 Å². The Bertz CT molecular complexity index is 503. The van der Waals surface area contributed by atoms with Crippen LogP contribution in [0.25, 0.3) is 0 Å². The van der Waals surface area contributed by atoms with Crippen LogP contribution in [-0.2, 0) is 11.3 Å². The fourth-order valence-corrected chi connectivity index (χ4v) is 1.65. The van der Waals surface area contributed by atoms with Gasteiger partial charge >= 0.3 is 6.03 Å². The zero-order valence-corrected chi connectivity index (χ0v) is 12.6. The number of nitrogens with one attached hydrogen (secondary N) is 2. The number of amides is 3. The summed E-state index contributed by atoms with van der Waals surface area (Å²) in [5.41, 5.74) is 6.45. The highest BCUT2D eigenvalue weighted by atomic mass is 16.5. The number of nitrogens with two attached hydrogens (primary N) is 1. The van der Waals surface area contributed by atoms with Gasteiger partial charge in [-0.15, -0.1) is 0 Å². The van der Waals surface area contributed by atoms with Gasteiger partial charge in [-0.3, -0.25) is 15.1 Å². The van der Waals surface area contributed by atoms with Gasteiger partial charge in [0, 0.05) is 12.2 Å². The summed E-state index contributed by atoms with van der Waals surface area (Å²) < 4.78 is 5.39. The molecule has 0 saturated heterocycles. The van der Waals surface area contributed by atoms with Crippen molar-refractivity contribution in [3.8, 4) is 5.75 Å². The van der Waals surface area contributed by atoms with Crippen LogP contribution < -0.4 is 21.1 Å². The molecule has 0 aliphatic rings. The molecule has 1 aromatic rings. The van der Waals surface area contributed by atoms with E-state index in [9.17, 15) is 9.59 Å². The van der Waals surface area contributed by atoms with E-state index in [4.69, 9.17) is 10.5 Å². The van der Waals surface area contributed by atoms with E-state index in [0.29, 0.717) is 18.2 Å². The van der Waals surface area contributed by atoms with Crippen LogP contribution in [0.1, 0.15) is 25.2 Å². The number of hydrogen-bond acceptors (Lipinski definition) is 5. The lowest BCUT2D eigenvalue weighted by atomic mass is 10.2. The summed E-state index contributed by atoms with van der Waals surface area (Å²) >= 11 is 0. The van der Waals surface area contributed by atoms with Gasteiger partial charge in [0.15, 0.2) is 6.61 Å². The molecule has 7 heteroatoms. The Hall–Kier alpha value is -2.15. The molecule has 0 unspecified atom stereocenters. The molecule has 0 aliphatic carbocycles. The number of pyridine rings is 1. The fraction of sp³-hybridized carbons (Fsp3) is 0.500. The number of carbonyl (C=O) groups excluding carboxylic acids is 2. The van der Waals surface area contributed by atoms with Crippen LogP contribution in [0.2, 0.25) is 0 Å². The first-order valence-corrected chi connectivity index (χ1v) is 6.77. The van der Waals surface area contributed by atoms with Gasteiger partial charge in [0.25, 0.3) is 5.91 Å². The average molecular weight is 294 g/mol. The van der Waals surface area contributed by atoms with Gasteiger partial charge in [0.2, 0.25) is 0 Å². The molecule has 0 fully saturated rings. The predicted octanol–water partition coefficient (Wildman–Crippen LogP) is 0.709. The van der Waals surface area contributed by atoms with Crippen LogP contribution in [0.3, 0.4) is 0 Å². The number of carbonyl (C=O) groups is 2. The van der Waals surface area contributed by atoms with Crippen LogP contribution in [0.4, 0.5) is 4.79 Å². The van der Waals surface area contributed by atoms with E-state index in [1.54, 1.807) is 12.1 Å². The van der Waals surface area contributed by atoms with E-state index >= 15 is 0 Å². The second kappa shape index (κ2) is 8.21. The van der Waals surface area contributed by atoms with Crippen molar-refractivity contribution in [2.75, 3.05) is 13.2 Å². The first-order valence-electron chi connectivity index (χ1n) is 6.77. The maximum Gasteiger partial charge on any atom is 0.318 e. The van der Waals surface area contributed by atoms with Gasteiger partial charge in [-0.25, -0.2) is 4.79 Å². The lowest BCUT2D eigenvalue weighted by molar-refractivity contribution is -0.121. The molecule has 3 amide bonds. The summed E-state index contributed by atoms with van der Waals surface area (Å²) in [5.74, 6) is 0.446. The lowest BCUT2D eigenvalue weighted by Crippen LogP contribution is -2.38. The molecule has 0 bridgehead atoms. The Morgan fingerprint density at radius 1 is 1.38 bits per heavy atom. The number of imide groups is 1. The van der Waals surface area contributed by atoms with Gasteiger partial charge in [-0.1, -0.05) is 13.8 Å². The molecule has 0 aliphatic heterocycles. The van der Waals surface area contributed by atoms with Gasteiger partial charge in [-0.2, -0.15) is 0 Å². The van der Waals surface area contributed by atoms with Crippen LogP contribution in [0.5, 0.6) is 5.75 Å². The molecule has 1 aromatic heterocycles. The summed E-state index contributed by atoms with van der Waals surface area (Å²) in [5, 5.41) is 5.21. The van der Waals surface area contributed by atoms with Crippen molar-refractivity contribution >= 4 is 11.9 Å². The van der Waals surface area contributed by atoms with Crippen molar-refractivity contribution in [3.05, 3.63) is 23.5 Å². The molecule has 0 atom stereocenters. The molecular formula is C14H22N4O3. The Morgan fingerprint density at radius 2 is 2.10 bits per heavy atom. The summed E-state index contributed by atoms with van der Waals surface area (Å²) in [7, 11) is 0. The predicted molar refractivity (Wildman–Crippen MR) is 78.7 cm³/mol. The summed E-state index contributed by atoms with van der Waals surface area (Å²) in [6.07, 6.45) is 0. The van der Waals surface area contributed by atoms with Crippen molar-refractivity contribution < 1.29 is 14.3 Å². The van der Waals surface area contributed by atoms with Crippen LogP contribution >= 0.6 is 0 Å². The van der Waals surface area contributed by atoms with E-state index < -0.39 is 11.9 Å². The third-order valence-corrected chi connectivity index (χ3v) is 2.54. The first kappa shape index (κ1) is 16.9. The Kier molecular flexibility index (Phi) is 6.61. The second-order valence-electron chi connectivity index (χ2n) is 5.12. The minimum absolute atomic E-state index is 0.287. The minimum Gasteiger partial charge on any atom is -0.482 e. The smallest absolute Gasteiger partial charge is 0.318 e. The van der Waals surface area contributed by atoms with Crippen LogP contribution in [0, 0.1) is 12.8 Å². The number of urea groups is 1. The third-order valence-electron chi connectivity index (χ3n) is 2.54. The molecule has 0 radical (unpaired) electrons. The Labute approximate surface area is 124 Å².